The van der Waals surface area contributed by atoms with Gasteiger partial charge in [-0.2, -0.15) is 0 Å². The number of carbonyl (C=O) groups excluding carboxylic acids is 1. The number of thioether (sulfide) groups is 1. The molecule has 0 radical (unpaired) electrons. The number of hydrogen-bond donors (Lipinski definition) is 0. The van der Waals surface area contributed by atoms with Gasteiger partial charge in [-0.15, -0.1) is 0 Å². The van der Waals surface area contributed by atoms with Crippen LogP contribution >= 0.6 is 11.8 Å². The van der Waals surface area contributed by atoms with Gasteiger partial charge < -0.3 is 4.90 Å². The van der Waals surface area contributed by atoms with Gasteiger partial charge in [-0.25, -0.2) is 9.37 Å². The van der Waals surface area contributed by atoms with E-state index in [9.17, 15) is 9.18 Å². The third-order valence-electron chi connectivity index (χ3n) is 4.27. The van der Waals surface area contributed by atoms with Crippen LogP contribution in [-0.2, 0) is 11.3 Å². The first-order valence-electron chi connectivity index (χ1n) is 8.50. The summed E-state index contributed by atoms with van der Waals surface area (Å²) in [7, 11) is 0. The standard InChI is InChI=1S/C19H22FN3OS/c20-17-7-2-1-6-16(17)14-22-10-5-11-23(13-12-22)19(24)15-25-18-8-3-4-9-21-18/h1-4,6-9H,5,10-15H2. The Balaban J connectivity index is 1.49. The van der Waals surface area contributed by atoms with Crippen molar-refractivity contribution in [1.29, 1.82) is 0 Å². The molecule has 0 N–H and O–H groups in total. The molecule has 1 aliphatic rings. The molecule has 0 aliphatic carbocycles. The van der Waals surface area contributed by atoms with Crippen LogP contribution in [0.4, 0.5) is 4.39 Å². The van der Waals surface area contributed by atoms with Crippen molar-refractivity contribution < 1.29 is 9.18 Å². The van der Waals surface area contributed by atoms with Gasteiger partial charge in [0.05, 0.1) is 10.8 Å². The SMILES string of the molecule is O=C(CSc1ccccn1)N1CCCN(Cc2ccccc2F)CC1. The van der Waals surface area contributed by atoms with E-state index in [-0.39, 0.29) is 11.7 Å². The number of carbonyl (C=O) groups is 1. The lowest BCUT2D eigenvalue weighted by molar-refractivity contribution is -0.128. The topological polar surface area (TPSA) is 36.4 Å². The van der Waals surface area contributed by atoms with Crippen LogP contribution in [-0.4, -0.2) is 52.6 Å². The Morgan fingerprint density at radius 2 is 1.92 bits per heavy atom. The van der Waals surface area contributed by atoms with Gasteiger partial charge in [0.2, 0.25) is 5.91 Å². The van der Waals surface area contributed by atoms with Crippen molar-refractivity contribution in [2.75, 3.05) is 31.9 Å². The minimum atomic E-state index is -0.161. The van der Waals surface area contributed by atoms with Gasteiger partial charge in [-0.3, -0.25) is 9.69 Å². The molecule has 3 rings (SSSR count). The Hall–Kier alpha value is -1.92. The first-order valence-corrected chi connectivity index (χ1v) is 9.48. The molecule has 1 saturated heterocycles. The minimum Gasteiger partial charge on any atom is -0.341 e. The predicted molar refractivity (Wildman–Crippen MR) is 97.8 cm³/mol. The number of halogens is 1. The lowest BCUT2D eigenvalue weighted by Gasteiger charge is -2.22. The average Bonchev–Trinajstić information content (AvgIpc) is 2.88. The van der Waals surface area contributed by atoms with E-state index in [1.807, 2.05) is 35.2 Å². The average molecular weight is 359 g/mol. The second-order valence-electron chi connectivity index (χ2n) is 6.06. The summed E-state index contributed by atoms with van der Waals surface area (Å²) in [6.45, 7) is 3.70. The van der Waals surface area contributed by atoms with Crippen molar-refractivity contribution in [3.63, 3.8) is 0 Å². The lowest BCUT2D eigenvalue weighted by Crippen LogP contribution is -2.36. The molecule has 6 heteroatoms. The number of amides is 1. The molecule has 4 nitrogen and oxygen atoms in total. The van der Waals surface area contributed by atoms with Crippen LogP contribution < -0.4 is 0 Å². The molecule has 1 aliphatic heterocycles. The Morgan fingerprint density at radius 3 is 2.72 bits per heavy atom. The molecular weight excluding hydrogens is 337 g/mol. The Labute approximate surface area is 152 Å². The highest BCUT2D eigenvalue weighted by atomic mass is 32.2. The van der Waals surface area contributed by atoms with Crippen molar-refractivity contribution in [2.45, 2.75) is 18.0 Å². The van der Waals surface area contributed by atoms with Crippen molar-refractivity contribution in [2.24, 2.45) is 0 Å². The van der Waals surface area contributed by atoms with Gasteiger partial charge in [-0.1, -0.05) is 36.0 Å². The Bertz CT molecular complexity index is 698. The van der Waals surface area contributed by atoms with Crippen LogP contribution in [0.2, 0.25) is 0 Å². The molecule has 25 heavy (non-hydrogen) atoms. The zero-order chi connectivity index (χ0) is 17.5. The van der Waals surface area contributed by atoms with Crippen molar-refractivity contribution in [3.05, 3.63) is 60.0 Å². The van der Waals surface area contributed by atoms with Crippen molar-refractivity contribution in [3.8, 4) is 0 Å². The van der Waals surface area contributed by atoms with Crippen LogP contribution in [0, 0.1) is 5.82 Å². The van der Waals surface area contributed by atoms with Crippen LogP contribution in [0.3, 0.4) is 0 Å². The summed E-state index contributed by atoms with van der Waals surface area (Å²) in [5.74, 6) is 0.388. The molecule has 0 unspecified atom stereocenters. The van der Waals surface area contributed by atoms with Crippen LogP contribution in [0.1, 0.15) is 12.0 Å². The summed E-state index contributed by atoms with van der Waals surface area (Å²) < 4.78 is 13.8. The fourth-order valence-electron chi connectivity index (χ4n) is 2.91. The molecule has 1 aromatic heterocycles. The third-order valence-corrected chi connectivity index (χ3v) is 5.20. The van der Waals surface area contributed by atoms with E-state index in [4.69, 9.17) is 0 Å². The number of nitrogens with zero attached hydrogens (tertiary/aromatic N) is 3. The van der Waals surface area contributed by atoms with Gasteiger partial charge in [0, 0.05) is 44.5 Å². The minimum absolute atomic E-state index is 0.142. The monoisotopic (exact) mass is 359 g/mol. The van der Waals surface area contributed by atoms with E-state index in [1.54, 1.807) is 12.3 Å². The largest absolute Gasteiger partial charge is 0.341 e. The molecule has 0 bridgehead atoms. The maximum atomic E-state index is 13.8. The van der Waals surface area contributed by atoms with E-state index in [1.165, 1.54) is 17.8 Å². The molecule has 1 aromatic carbocycles. The number of rotatable bonds is 5. The quantitative estimate of drug-likeness (QED) is 0.769. The van der Waals surface area contributed by atoms with Crippen LogP contribution in [0.25, 0.3) is 0 Å². The normalized spacial score (nSPS) is 15.8. The zero-order valence-corrected chi connectivity index (χ0v) is 14.9. The highest BCUT2D eigenvalue weighted by molar-refractivity contribution is 7.99. The molecule has 1 amide bonds. The van der Waals surface area contributed by atoms with Gasteiger partial charge in [0.1, 0.15) is 5.82 Å². The summed E-state index contributed by atoms with van der Waals surface area (Å²) in [6, 6.07) is 12.6. The third kappa shape index (κ3) is 5.28. The first kappa shape index (κ1) is 17.9. The summed E-state index contributed by atoms with van der Waals surface area (Å²) in [5.41, 5.74) is 0.716. The van der Waals surface area contributed by atoms with Gasteiger partial charge in [0.25, 0.3) is 0 Å². The number of benzene rings is 1. The van der Waals surface area contributed by atoms with Gasteiger partial charge >= 0.3 is 0 Å². The summed E-state index contributed by atoms with van der Waals surface area (Å²) in [4.78, 5) is 20.8. The molecule has 2 heterocycles. The molecular formula is C19H22FN3OS. The fraction of sp³-hybridized carbons (Fsp3) is 0.368. The smallest absolute Gasteiger partial charge is 0.233 e. The van der Waals surface area contributed by atoms with E-state index >= 15 is 0 Å². The lowest BCUT2D eigenvalue weighted by atomic mass is 10.2. The summed E-state index contributed by atoms with van der Waals surface area (Å²) in [6.07, 6.45) is 2.65. The van der Waals surface area contributed by atoms with Gasteiger partial charge in [0.15, 0.2) is 0 Å². The highest BCUT2D eigenvalue weighted by Gasteiger charge is 2.20. The van der Waals surface area contributed by atoms with Crippen LogP contribution in [0.15, 0.2) is 53.7 Å². The molecule has 0 spiro atoms. The van der Waals surface area contributed by atoms with Crippen molar-refractivity contribution >= 4 is 17.7 Å². The maximum absolute atomic E-state index is 13.8. The molecule has 132 valence electrons. The van der Waals surface area contributed by atoms with E-state index in [0.717, 1.165) is 31.1 Å². The van der Waals surface area contributed by atoms with E-state index < -0.39 is 0 Å². The molecule has 0 saturated carbocycles. The Morgan fingerprint density at radius 1 is 1.08 bits per heavy atom. The zero-order valence-electron chi connectivity index (χ0n) is 14.1. The Kier molecular flexibility index (Phi) is 6.42. The fourth-order valence-corrected chi connectivity index (χ4v) is 3.67. The second-order valence-corrected chi connectivity index (χ2v) is 7.05. The van der Waals surface area contributed by atoms with Gasteiger partial charge in [-0.05, 0) is 24.6 Å². The number of hydrogen-bond acceptors (Lipinski definition) is 4. The molecule has 2 aromatic rings. The predicted octanol–water partition coefficient (Wildman–Crippen LogP) is 3.05. The second kappa shape index (κ2) is 8.97. The molecule has 0 atom stereocenters. The van der Waals surface area contributed by atoms with Crippen molar-refractivity contribution in [1.82, 2.24) is 14.8 Å². The number of pyridine rings is 1. The molecule has 1 fully saturated rings. The van der Waals surface area contributed by atoms with E-state index in [2.05, 4.69) is 9.88 Å². The van der Waals surface area contributed by atoms with Crippen LogP contribution in [0.5, 0.6) is 0 Å². The maximum Gasteiger partial charge on any atom is 0.233 e. The first-order chi connectivity index (χ1) is 12.2. The summed E-state index contributed by atoms with van der Waals surface area (Å²) in [5, 5.41) is 0.867. The van der Waals surface area contributed by atoms with E-state index in [0.29, 0.717) is 24.4 Å². The summed E-state index contributed by atoms with van der Waals surface area (Å²) >= 11 is 1.47. The number of aromatic nitrogens is 1. The highest BCUT2D eigenvalue weighted by Crippen LogP contribution is 2.16.